The highest BCUT2D eigenvalue weighted by Crippen LogP contribution is 2.16. The van der Waals surface area contributed by atoms with Crippen LogP contribution in [0.25, 0.3) is 0 Å². The predicted octanol–water partition coefficient (Wildman–Crippen LogP) is 1.27. The minimum absolute atomic E-state index is 0.232. The molecule has 0 aromatic carbocycles. The summed E-state index contributed by atoms with van der Waals surface area (Å²) in [6.45, 7) is 6.65. The first kappa shape index (κ1) is 8.47. The summed E-state index contributed by atoms with van der Waals surface area (Å²) in [4.78, 5) is 11.1. The fraction of sp³-hybridized carbons (Fsp3) is 0.667. The van der Waals surface area contributed by atoms with Crippen molar-refractivity contribution in [3.63, 3.8) is 0 Å². The van der Waals surface area contributed by atoms with Gasteiger partial charge in [0.15, 0.2) is 5.78 Å². The summed E-state index contributed by atoms with van der Waals surface area (Å²) in [7, 11) is 0. The Morgan fingerprint density at radius 1 is 1.64 bits per heavy atom. The Kier molecular flexibility index (Phi) is 2.45. The Balaban J connectivity index is 2.80. The number of ketones is 1. The lowest BCUT2D eigenvalue weighted by atomic mass is 9.95. The van der Waals surface area contributed by atoms with Crippen LogP contribution in [0.4, 0.5) is 0 Å². The van der Waals surface area contributed by atoms with Crippen LogP contribution in [0.15, 0.2) is 11.1 Å². The number of hydrogen-bond donors (Lipinski definition) is 1. The molecule has 1 rings (SSSR count). The van der Waals surface area contributed by atoms with Crippen molar-refractivity contribution in [2.45, 2.75) is 33.2 Å². The van der Waals surface area contributed by atoms with Gasteiger partial charge in [-0.3, -0.25) is 4.79 Å². The van der Waals surface area contributed by atoms with E-state index < -0.39 is 0 Å². The predicted molar refractivity (Wildman–Crippen MR) is 45.5 cm³/mol. The van der Waals surface area contributed by atoms with Crippen LogP contribution < -0.4 is 5.32 Å². The van der Waals surface area contributed by atoms with Crippen molar-refractivity contribution in [3.05, 3.63) is 11.1 Å². The zero-order chi connectivity index (χ0) is 8.43. The highest BCUT2D eigenvalue weighted by atomic mass is 16.1. The molecule has 1 heterocycles. The van der Waals surface area contributed by atoms with Gasteiger partial charge in [0.1, 0.15) is 0 Å². The molecule has 0 fully saturated rings. The van der Waals surface area contributed by atoms with Crippen LogP contribution in [0.5, 0.6) is 0 Å². The smallest absolute Gasteiger partial charge is 0.155 e. The number of nitrogens with one attached hydrogen (secondary N) is 1. The maximum Gasteiger partial charge on any atom is 0.155 e. The van der Waals surface area contributed by atoms with Gasteiger partial charge in [0.2, 0.25) is 0 Å². The summed E-state index contributed by atoms with van der Waals surface area (Å²) in [5.41, 5.74) is 2.23. The monoisotopic (exact) mass is 153 g/mol. The van der Waals surface area contributed by atoms with Gasteiger partial charge >= 0.3 is 0 Å². The minimum Gasteiger partial charge on any atom is -0.310 e. The van der Waals surface area contributed by atoms with E-state index in [4.69, 9.17) is 0 Å². The van der Waals surface area contributed by atoms with Crippen LogP contribution in [0, 0.1) is 0 Å². The molecule has 1 unspecified atom stereocenters. The molecule has 2 nitrogen and oxygen atoms in total. The average molecular weight is 153 g/mol. The normalized spacial score (nSPS) is 25.5. The molecular formula is C9H15NO. The number of Topliss-reactive ketones (excluding diaryl/α,β-unsaturated/α-hetero) is 1. The quantitative estimate of drug-likeness (QED) is 0.614. The van der Waals surface area contributed by atoms with Gasteiger partial charge in [-0.15, -0.1) is 0 Å². The molecule has 1 N–H and O–H groups in total. The second kappa shape index (κ2) is 3.18. The van der Waals surface area contributed by atoms with Crippen LogP contribution in [0.3, 0.4) is 0 Å². The summed E-state index contributed by atoms with van der Waals surface area (Å²) in [6.07, 6.45) is 0.890. The van der Waals surface area contributed by atoms with E-state index in [1.807, 2.05) is 6.92 Å². The van der Waals surface area contributed by atoms with Gasteiger partial charge in [-0.05, 0) is 32.8 Å². The third-order valence-corrected chi connectivity index (χ3v) is 2.17. The molecule has 0 aromatic rings. The Labute approximate surface area is 67.7 Å². The molecule has 11 heavy (non-hydrogen) atoms. The van der Waals surface area contributed by atoms with E-state index >= 15 is 0 Å². The summed E-state index contributed by atoms with van der Waals surface area (Å²) in [5.74, 6) is 0.232. The largest absolute Gasteiger partial charge is 0.310 e. The molecule has 1 aliphatic heterocycles. The van der Waals surface area contributed by atoms with Crippen LogP contribution in [-0.2, 0) is 4.79 Å². The lowest BCUT2D eigenvalue weighted by Crippen LogP contribution is -2.34. The van der Waals surface area contributed by atoms with Gasteiger partial charge in [0, 0.05) is 12.6 Å². The molecular weight excluding hydrogens is 138 g/mol. The number of carbonyl (C=O) groups is 1. The highest BCUT2D eigenvalue weighted by molar-refractivity contribution is 5.94. The van der Waals surface area contributed by atoms with E-state index in [1.54, 1.807) is 6.92 Å². The van der Waals surface area contributed by atoms with Crippen molar-refractivity contribution < 1.29 is 4.79 Å². The van der Waals surface area contributed by atoms with Gasteiger partial charge in [-0.25, -0.2) is 0 Å². The van der Waals surface area contributed by atoms with Gasteiger partial charge in [0.25, 0.3) is 0 Å². The molecule has 0 spiro atoms. The SMILES string of the molecule is CC(=O)C1=C(C)CNC(C)C1. The minimum atomic E-state index is 0.232. The standard InChI is InChI=1S/C9H15NO/c1-6-5-10-7(2)4-9(6)8(3)11/h7,10H,4-5H2,1-3H3. The third-order valence-electron chi connectivity index (χ3n) is 2.17. The molecule has 0 amide bonds. The topological polar surface area (TPSA) is 29.1 Å². The number of carbonyl (C=O) groups excluding carboxylic acids is 1. The first-order valence-electron chi connectivity index (χ1n) is 4.04. The molecule has 0 aromatic heterocycles. The zero-order valence-corrected chi connectivity index (χ0v) is 7.40. The fourth-order valence-corrected chi connectivity index (χ4v) is 1.43. The van der Waals surface area contributed by atoms with E-state index in [-0.39, 0.29) is 5.78 Å². The summed E-state index contributed by atoms with van der Waals surface area (Å²) in [5, 5.41) is 3.31. The van der Waals surface area contributed by atoms with Crippen LogP contribution >= 0.6 is 0 Å². The number of hydrogen-bond acceptors (Lipinski definition) is 2. The molecule has 1 atom stereocenters. The summed E-state index contributed by atoms with van der Waals surface area (Å²) < 4.78 is 0. The fourth-order valence-electron chi connectivity index (χ4n) is 1.43. The van der Waals surface area contributed by atoms with Crippen LogP contribution in [0.2, 0.25) is 0 Å². The first-order chi connectivity index (χ1) is 5.11. The van der Waals surface area contributed by atoms with Crippen molar-refractivity contribution in [2.75, 3.05) is 6.54 Å². The van der Waals surface area contributed by atoms with Crippen LogP contribution in [-0.4, -0.2) is 18.4 Å². The maximum absolute atomic E-state index is 11.1. The van der Waals surface area contributed by atoms with Gasteiger partial charge in [0.05, 0.1) is 0 Å². The molecule has 0 bridgehead atoms. The lowest BCUT2D eigenvalue weighted by Gasteiger charge is -2.22. The van der Waals surface area contributed by atoms with Gasteiger partial charge < -0.3 is 5.32 Å². The first-order valence-corrected chi connectivity index (χ1v) is 4.04. The van der Waals surface area contributed by atoms with Gasteiger partial charge in [-0.1, -0.05) is 5.57 Å². The second-order valence-corrected chi connectivity index (χ2v) is 3.30. The maximum atomic E-state index is 11.1. The van der Waals surface area contributed by atoms with Crippen LogP contribution in [0.1, 0.15) is 27.2 Å². The molecule has 1 aliphatic rings. The van der Waals surface area contributed by atoms with E-state index in [0.717, 1.165) is 18.5 Å². The van der Waals surface area contributed by atoms with Crippen molar-refractivity contribution in [1.29, 1.82) is 0 Å². The molecule has 0 saturated heterocycles. The van der Waals surface area contributed by atoms with Crippen molar-refractivity contribution >= 4 is 5.78 Å². The molecule has 0 aliphatic carbocycles. The van der Waals surface area contributed by atoms with Crippen molar-refractivity contribution in [1.82, 2.24) is 5.32 Å². The molecule has 0 radical (unpaired) electrons. The summed E-state index contributed by atoms with van der Waals surface area (Å²) >= 11 is 0. The Morgan fingerprint density at radius 3 is 2.73 bits per heavy atom. The molecule has 0 saturated carbocycles. The van der Waals surface area contributed by atoms with E-state index in [0.29, 0.717) is 6.04 Å². The highest BCUT2D eigenvalue weighted by Gasteiger charge is 2.16. The van der Waals surface area contributed by atoms with Gasteiger partial charge in [-0.2, -0.15) is 0 Å². The van der Waals surface area contributed by atoms with E-state index in [1.165, 1.54) is 5.57 Å². The Bertz CT molecular complexity index is 206. The average Bonchev–Trinajstić information content (AvgIpc) is 1.94. The molecule has 2 heteroatoms. The molecule has 62 valence electrons. The number of rotatable bonds is 1. The van der Waals surface area contributed by atoms with E-state index in [2.05, 4.69) is 12.2 Å². The van der Waals surface area contributed by atoms with E-state index in [9.17, 15) is 4.79 Å². The third kappa shape index (κ3) is 1.90. The Hall–Kier alpha value is -0.630. The van der Waals surface area contributed by atoms with Crippen molar-refractivity contribution in [2.24, 2.45) is 0 Å². The van der Waals surface area contributed by atoms with Crippen molar-refractivity contribution in [3.8, 4) is 0 Å². The Morgan fingerprint density at radius 2 is 2.27 bits per heavy atom. The second-order valence-electron chi connectivity index (χ2n) is 3.30. The summed E-state index contributed by atoms with van der Waals surface area (Å²) in [6, 6.07) is 0.456. The lowest BCUT2D eigenvalue weighted by molar-refractivity contribution is -0.113. The zero-order valence-electron chi connectivity index (χ0n) is 7.40.